The van der Waals surface area contributed by atoms with Crippen LogP contribution in [0.4, 0.5) is 0 Å². The summed E-state index contributed by atoms with van der Waals surface area (Å²) in [5, 5.41) is 20.5. The van der Waals surface area contributed by atoms with E-state index in [-0.39, 0.29) is 6.54 Å². The molecule has 1 aromatic carbocycles. The zero-order chi connectivity index (χ0) is 15.3. The van der Waals surface area contributed by atoms with E-state index in [0.29, 0.717) is 0 Å². The Hall–Kier alpha value is -2.14. The maximum Gasteiger partial charge on any atom is 0.337 e. The molecule has 5 nitrogen and oxygen atoms in total. The molecule has 1 unspecified atom stereocenters. The van der Waals surface area contributed by atoms with Crippen LogP contribution in [0.2, 0.25) is 0 Å². The maximum absolute atomic E-state index is 11.6. The Morgan fingerprint density at radius 3 is 2.55 bits per heavy atom. The van der Waals surface area contributed by atoms with Crippen molar-refractivity contribution in [2.75, 3.05) is 6.54 Å². The highest BCUT2D eigenvalue weighted by Gasteiger charge is 2.29. The third kappa shape index (κ3) is 4.51. The van der Waals surface area contributed by atoms with Gasteiger partial charge in [-0.2, -0.15) is 0 Å². The van der Waals surface area contributed by atoms with Crippen molar-refractivity contribution in [3.63, 3.8) is 0 Å². The fourth-order valence-electron chi connectivity index (χ4n) is 1.57. The van der Waals surface area contributed by atoms with Crippen molar-refractivity contribution in [2.24, 2.45) is 0 Å². The molecule has 108 valence electrons. The molecule has 0 saturated heterocycles. The Balaban J connectivity index is 2.62. The molecule has 0 aliphatic rings. The number of carboxylic acid groups (broad SMARTS) is 1. The lowest BCUT2D eigenvalue weighted by Crippen LogP contribution is -2.46. The number of aryl methyl sites for hydroxylation is 2. The quantitative estimate of drug-likeness (QED) is 0.707. The lowest BCUT2D eigenvalue weighted by Gasteiger charge is -2.17. The number of carbonyl (C=O) groups is 2. The largest absolute Gasteiger partial charge is 0.479 e. The van der Waals surface area contributed by atoms with Crippen molar-refractivity contribution in [3.8, 4) is 0 Å². The average molecular weight is 277 g/mol. The first kappa shape index (κ1) is 15.9. The molecule has 0 heterocycles. The van der Waals surface area contributed by atoms with Crippen LogP contribution in [0.5, 0.6) is 0 Å². The van der Waals surface area contributed by atoms with E-state index in [1.807, 2.05) is 32.0 Å². The van der Waals surface area contributed by atoms with Gasteiger partial charge in [0.25, 0.3) is 0 Å². The number of hydrogen-bond acceptors (Lipinski definition) is 3. The summed E-state index contributed by atoms with van der Waals surface area (Å²) >= 11 is 0. The van der Waals surface area contributed by atoms with E-state index in [9.17, 15) is 14.7 Å². The number of amides is 1. The van der Waals surface area contributed by atoms with Gasteiger partial charge >= 0.3 is 5.97 Å². The van der Waals surface area contributed by atoms with Crippen LogP contribution in [0.3, 0.4) is 0 Å². The Kier molecular flexibility index (Phi) is 5.05. The lowest BCUT2D eigenvalue weighted by molar-refractivity contribution is -0.156. The molecule has 5 heteroatoms. The summed E-state index contributed by atoms with van der Waals surface area (Å²) < 4.78 is 0. The Labute approximate surface area is 117 Å². The number of benzene rings is 1. The van der Waals surface area contributed by atoms with Crippen molar-refractivity contribution < 1.29 is 19.8 Å². The minimum atomic E-state index is -1.97. The number of hydrogen-bond donors (Lipinski definition) is 3. The standard InChI is InChI=1S/C15H19NO4/c1-10-4-5-12(11(2)8-10)6-7-13(17)16-9-15(3,20)14(18)19/h4-8,20H,9H2,1-3H3,(H,16,17)(H,18,19). The van der Waals surface area contributed by atoms with Crippen LogP contribution >= 0.6 is 0 Å². The van der Waals surface area contributed by atoms with Crippen LogP contribution in [0.15, 0.2) is 24.3 Å². The van der Waals surface area contributed by atoms with Crippen molar-refractivity contribution in [2.45, 2.75) is 26.4 Å². The number of carboxylic acids is 1. The summed E-state index contributed by atoms with van der Waals surface area (Å²) in [6.45, 7) is 4.71. The van der Waals surface area contributed by atoms with Gasteiger partial charge in [0.1, 0.15) is 0 Å². The summed E-state index contributed by atoms with van der Waals surface area (Å²) in [5.41, 5.74) is 1.13. The zero-order valence-electron chi connectivity index (χ0n) is 11.8. The van der Waals surface area contributed by atoms with Crippen LogP contribution in [0.1, 0.15) is 23.6 Å². The molecular weight excluding hydrogens is 258 g/mol. The molecule has 1 rings (SSSR count). The van der Waals surface area contributed by atoms with Gasteiger partial charge in [0.05, 0.1) is 6.54 Å². The SMILES string of the molecule is Cc1ccc(C=CC(=O)NCC(C)(O)C(=O)O)c(C)c1. The van der Waals surface area contributed by atoms with Gasteiger partial charge in [-0.15, -0.1) is 0 Å². The molecular formula is C15H19NO4. The summed E-state index contributed by atoms with van der Waals surface area (Å²) in [4.78, 5) is 22.2. The predicted octanol–water partition coefficient (Wildman–Crippen LogP) is 1.27. The normalized spacial score (nSPS) is 14.0. The van der Waals surface area contributed by atoms with Gasteiger partial charge < -0.3 is 15.5 Å². The van der Waals surface area contributed by atoms with Crippen LogP contribution in [-0.2, 0) is 9.59 Å². The molecule has 0 radical (unpaired) electrons. The second kappa shape index (κ2) is 6.34. The average Bonchev–Trinajstić information content (AvgIpc) is 2.35. The van der Waals surface area contributed by atoms with Gasteiger partial charge in [-0.3, -0.25) is 4.79 Å². The number of nitrogens with one attached hydrogen (secondary N) is 1. The molecule has 0 aliphatic heterocycles. The Morgan fingerprint density at radius 2 is 2.00 bits per heavy atom. The van der Waals surface area contributed by atoms with E-state index in [4.69, 9.17) is 5.11 Å². The van der Waals surface area contributed by atoms with E-state index < -0.39 is 17.5 Å². The highest BCUT2D eigenvalue weighted by molar-refractivity contribution is 5.92. The summed E-state index contributed by atoms with van der Waals surface area (Å²) in [6.07, 6.45) is 2.97. The van der Waals surface area contributed by atoms with Crippen LogP contribution in [-0.4, -0.2) is 34.2 Å². The van der Waals surface area contributed by atoms with Gasteiger partial charge in [0.15, 0.2) is 5.60 Å². The third-order valence-electron chi connectivity index (χ3n) is 2.91. The van der Waals surface area contributed by atoms with Crippen LogP contribution < -0.4 is 5.32 Å². The first-order chi connectivity index (χ1) is 9.22. The molecule has 1 aromatic rings. The van der Waals surface area contributed by atoms with E-state index in [1.165, 1.54) is 6.08 Å². The Morgan fingerprint density at radius 1 is 1.35 bits per heavy atom. The first-order valence-electron chi connectivity index (χ1n) is 6.21. The zero-order valence-corrected chi connectivity index (χ0v) is 11.8. The van der Waals surface area contributed by atoms with Crippen LogP contribution in [0.25, 0.3) is 6.08 Å². The number of rotatable bonds is 5. The van der Waals surface area contributed by atoms with E-state index in [1.54, 1.807) is 6.08 Å². The molecule has 0 aromatic heterocycles. The smallest absolute Gasteiger partial charge is 0.337 e. The molecule has 0 saturated carbocycles. The molecule has 0 fully saturated rings. The highest BCUT2D eigenvalue weighted by atomic mass is 16.4. The summed E-state index contributed by atoms with van der Waals surface area (Å²) in [5.74, 6) is -1.83. The van der Waals surface area contributed by atoms with E-state index in [2.05, 4.69) is 5.32 Å². The van der Waals surface area contributed by atoms with Gasteiger partial charge in [-0.05, 0) is 38.0 Å². The minimum Gasteiger partial charge on any atom is -0.479 e. The van der Waals surface area contributed by atoms with Gasteiger partial charge in [-0.25, -0.2) is 4.79 Å². The highest BCUT2D eigenvalue weighted by Crippen LogP contribution is 2.12. The van der Waals surface area contributed by atoms with Gasteiger partial charge in [0.2, 0.25) is 5.91 Å². The number of aliphatic carboxylic acids is 1. The number of carbonyl (C=O) groups excluding carboxylic acids is 1. The third-order valence-corrected chi connectivity index (χ3v) is 2.91. The summed E-state index contributed by atoms with van der Waals surface area (Å²) in [6, 6.07) is 5.86. The Bertz CT molecular complexity index is 547. The van der Waals surface area contributed by atoms with Crippen molar-refractivity contribution in [1.82, 2.24) is 5.32 Å². The molecule has 20 heavy (non-hydrogen) atoms. The van der Waals surface area contributed by atoms with Gasteiger partial charge in [-0.1, -0.05) is 23.8 Å². The van der Waals surface area contributed by atoms with E-state index in [0.717, 1.165) is 23.6 Å². The predicted molar refractivity (Wildman–Crippen MR) is 76.2 cm³/mol. The lowest BCUT2D eigenvalue weighted by atomic mass is 10.1. The number of aliphatic hydroxyl groups is 1. The van der Waals surface area contributed by atoms with Crippen molar-refractivity contribution in [3.05, 3.63) is 41.0 Å². The second-order valence-electron chi connectivity index (χ2n) is 4.99. The van der Waals surface area contributed by atoms with Crippen molar-refractivity contribution in [1.29, 1.82) is 0 Å². The topological polar surface area (TPSA) is 86.6 Å². The molecule has 1 atom stereocenters. The van der Waals surface area contributed by atoms with Gasteiger partial charge in [0, 0.05) is 6.08 Å². The van der Waals surface area contributed by atoms with Crippen LogP contribution in [0, 0.1) is 13.8 Å². The fourth-order valence-corrected chi connectivity index (χ4v) is 1.57. The monoisotopic (exact) mass is 277 g/mol. The fraction of sp³-hybridized carbons (Fsp3) is 0.333. The molecule has 1 amide bonds. The van der Waals surface area contributed by atoms with Crippen molar-refractivity contribution >= 4 is 18.0 Å². The second-order valence-corrected chi connectivity index (χ2v) is 4.99. The molecule has 0 aliphatic carbocycles. The maximum atomic E-state index is 11.6. The molecule has 3 N–H and O–H groups in total. The summed E-state index contributed by atoms with van der Waals surface area (Å²) in [7, 11) is 0. The molecule has 0 spiro atoms. The molecule has 0 bridgehead atoms. The first-order valence-corrected chi connectivity index (χ1v) is 6.21. The van der Waals surface area contributed by atoms with E-state index >= 15 is 0 Å². The minimum absolute atomic E-state index is 0.349.